The first kappa shape index (κ1) is 11.1. The third kappa shape index (κ3) is 2.08. The van der Waals surface area contributed by atoms with Gasteiger partial charge in [-0.15, -0.1) is 0 Å². The average molecular weight is 195 g/mol. The smallest absolute Gasteiger partial charge is 0.0733 e. The minimum absolute atomic E-state index is 0.508. The van der Waals surface area contributed by atoms with Crippen LogP contribution in [-0.4, -0.2) is 9.78 Å². The average Bonchev–Trinajstić information content (AvgIpc) is 2.53. The van der Waals surface area contributed by atoms with Crippen LogP contribution in [0.25, 0.3) is 0 Å². The number of aromatic nitrogens is 2. The summed E-state index contributed by atoms with van der Waals surface area (Å²) in [6.45, 7) is 6.56. The Morgan fingerprint density at radius 3 is 2.50 bits per heavy atom. The highest BCUT2D eigenvalue weighted by Crippen LogP contribution is 2.22. The molecule has 1 heterocycles. The molecule has 14 heavy (non-hydrogen) atoms. The van der Waals surface area contributed by atoms with Crippen LogP contribution >= 0.6 is 0 Å². The van der Waals surface area contributed by atoms with E-state index >= 15 is 0 Å². The van der Waals surface area contributed by atoms with Crippen molar-refractivity contribution in [3.63, 3.8) is 0 Å². The molecular weight excluding hydrogens is 174 g/mol. The summed E-state index contributed by atoms with van der Waals surface area (Å²) >= 11 is 0. The highest BCUT2D eigenvalue weighted by atomic mass is 15.3. The Labute approximate surface area is 86.3 Å². The van der Waals surface area contributed by atoms with E-state index in [1.807, 2.05) is 0 Å². The summed E-state index contributed by atoms with van der Waals surface area (Å²) in [5.41, 5.74) is 7.95. The molecule has 0 aliphatic rings. The molecule has 0 aliphatic heterocycles. The van der Waals surface area contributed by atoms with Crippen molar-refractivity contribution < 1.29 is 0 Å². The van der Waals surface area contributed by atoms with Crippen LogP contribution in [0, 0.1) is 0 Å². The topological polar surface area (TPSA) is 43.8 Å². The fraction of sp³-hybridized carbons (Fsp3) is 0.727. The molecule has 1 rings (SSSR count). The Morgan fingerprint density at radius 1 is 1.36 bits per heavy atom. The molecular formula is C11H21N3. The van der Waals surface area contributed by atoms with Gasteiger partial charge >= 0.3 is 0 Å². The van der Waals surface area contributed by atoms with Crippen molar-refractivity contribution in [1.82, 2.24) is 9.78 Å². The van der Waals surface area contributed by atoms with Gasteiger partial charge in [0, 0.05) is 0 Å². The van der Waals surface area contributed by atoms with E-state index in [1.165, 1.54) is 5.69 Å². The zero-order valence-corrected chi connectivity index (χ0v) is 9.45. The van der Waals surface area contributed by atoms with Crippen molar-refractivity contribution in [2.45, 2.75) is 52.5 Å². The third-order valence-electron chi connectivity index (χ3n) is 2.71. The SMILES string of the molecule is CCCc1c(N)cnn1C(CC)CC. The largest absolute Gasteiger partial charge is 0.396 e. The van der Waals surface area contributed by atoms with Gasteiger partial charge in [-0.05, 0) is 19.3 Å². The summed E-state index contributed by atoms with van der Waals surface area (Å²) in [4.78, 5) is 0. The fourth-order valence-corrected chi connectivity index (χ4v) is 1.85. The Kier molecular flexibility index (Phi) is 3.98. The van der Waals surface area contributed by atoms with Gasteiger partial charge < -0.3 is 5.73 Å². The number of nitrogen functional groups attached to an aromatic ring is 1. The normalized spacial score (nSPS) is 11.1. The zero-order chi connectivity index (χ0) is 10.6. The molecule has 0 fully saturated rings. The Morgan fingerprint density at radius 2 is 2.00 bits per heavy atom. The van der Waals surface area contributed by atoms with E-state index in [0.29, 0.717) is 6.04 Å². The fourth-order valence-electron chi connectivity index (χ4n) is 1.85. The van der Waals surface area contributed by atoms with Crippen molar-refractivity contribution >= 4 is 5.69 Å². The van der Waals surface area contributed by atoms with Crippen molar-refractivity contribution in [2.24, 2.45) is 0 Å². The quantitative estimate of drug-likeness (QED) is 0.785. The van der Waals surface area contributed by atoms with Crippen molar-refractivity contribution in [3.05, 3.63) is 11.9 Å². The van der Waals surface area contributed by atoms with Gasteiger partial charge in [0.2, 0.25) is 0 Å². The first-order valence-electron chi connectivity index (χ1n) is 5.56. The molecule has 0 aromatic carbocycles. The van der Waals surface area contributed by atoms with Crippen molar-refractivity contribution in [1.29, 1.82) is 0 Å². The highest BCUT2D eigenvalue weighted by Gasteiger charge is 2.13. The predicted octanol–water partition coefficient (Wildman–Crippen LogP) is 2.78. The van der Waals surface area contributed by atoms with Gasteiger partial charge in [-0.1, -0.05) is 27.2 Å². The second-order valence-corrected chi connectivity index (χ2v) is 3.71. The summed E-state index contributed by atoms with van der Waals surface area (Å²) in [6.07, 6.45) is 6.17. The number of hydrogen-bond donors (Lipinski definition) is 1. The van der Waals surface area contributed by atoms with Gasteiger partial charge in [-0.3, -0.25) is 4.68 Å². The van der Waals surface area contributed by atoms with Crippen LogP contribution < -0.4 is 5.73 Å². The van der Waals surface area contributed by atoms with Crippen LogP contribution in [0.3, 0.4) is 0 Å². The van der Waals surface area contributed by atoms with Crippen LogP contribution in [0.5, 0.6) is 0 Å². The van der Waals surface area contributed by atoms with Gasteiger partial charge in [0.25, 0.3) is 0 Å². The minimum atomic E-state index is 0.508. The number of anilines is 1. The number of rotatable bonds is 5. The molecule has 0 aliphatic carbocycles. The standard InChI is InChI=1S/C11H21N3/c1-4-7-11-10(12)8-13-14(11)9(5-2)6-3/h8-9H,4-7,12H2,1-3H3. The molecule has 0 unspecified atom stereocenters. The van der Waals surface area contributed by atoms with Crippen LogP contribution in [0.4, 0.5) is 5.69 Å². The minimum Gasteiger partial charge on any atom is -0.396 e. The first-order valence-corrected chi connectivity index (χ1v) is 5.56. The van der Waals surface area contributed by atoms with E-state index in [2.05, 4.69) is 30.6 Å². The molecule has 0 bridgehead atoms. The van der Waals surface area contributed by atoms with Gasteiger partial charge in [-0.25, -0.2) is 0 Å². The molecule has 1 aromatic heterocycles. The summed E-state index contributed by atoms with van der Waals surface area (Å²) in [7, 11) is 0. The first-order chi connectivity index (χ1) is 6.74. The van der Waals surface area contributed by atoms with E-state index in [4.69, 9.17) is 5.73 Å². The lowest BCUT2D eigenvalue weighted by molar-refractivity contribution is 0.414. The van der Waals surface area contributed by atoms with E-state index in [1.54, 1.807) is 6.20 Å². The maximum Gasteiger partial charge on any atom is 0.0733 e. The molecule has 3 nitrogen and oxygen atoms in total. The molecule has 2 N–H and O–H groups in total. The maximum atomic E-state index is 5.89. The molecule has 1 aromatic rings. The molecule has 0 atom stereocenters. The van der Waals surface area contributed by atoms with E-state index in [9.17, 15) is 0 Å². The van der Waals surface area contributed by atoms with E-state index in [0.717, 1.165) is 31.4 Å². The van der Waals surface area contributed by atoms with Crippen LogP contribution in [0.1, 0.15) is 51.8 Å². The lowest BCUT2D eigenvalue weighted by Gasteiger charge is -2.16. The predicted molar refractivity (Wildman–Crippen MR) is 60.3 cm³/mol. The highest BCUT2D eigenvalue weighted by molar-refractivity contribution is 5.41. The number of nitrogens with two attached hydrogens (primary N) is 1. The molecule has 0 saturated carbocycles. The van der Waals surface area contributed by atoms with Gasteiger partial charge in [-0.2, -0.15) is 5.10 Å². The van der Waals surface area contributed by atoms with Crippen molar-refractivity contribution in [3.8, 4) is 0 Å². The van der Waals surface area contributed by atoms with Gasteiger partial charge in [0.15, 0.2) is 0 Å². The van der Waals surface area contributed by atoms with E-state index in [-0.39, 0.29) is 0 Å². The zero-order valence-electron chi connectivity index (χ0n) is 9.45. The van der Waals surface area contributed by atoms with E-state index < -0.39 is 0 Å². The number of hydrogen-bond acceptors (Lipinski definition) is 2. The monoisotopic (exact) mass is 195 g/mol. The summed E-state index contributed by atoms with van der Waals surface area (Å²) in [5, 5.41) is 4.37. The van der Waals surface area contributed by atoms with Crippen LogP contribution in [0.2, 0.25) is 0 Å². The Hall–Kier alpha value is -0.990. The summed E-state index contributed by atoms with van der Waals surface area (Å²) in [6, 6.07) is 0.508. The molecule has 0 amide bonds. The molecule has 0 spiro atoms. The van der Waals surface area contributed by atoms with Crippen molar-refractivity contribution in [2.75, 3.05) is 5.73 Å². The van der Waals surface area contributed by atoms with Gasteiger partial charge in [0.05, 0.1) is 23.6 Å². The Bertz CT molecular complexity index is 274. The number of nitrogens with zero attached hydrogens (tertiary/aromatic N) is 2. The lowest BCUT2D eigenvalue weighted by Crippen LogP contribution is -2.12. The lowest BCUT2D eigenvalue weighted by atomic mass is 10.1. The molecule has 0 radical (unpaired) electrons. The molecule has 3 heteroatoms. The van der Waals surface area contributed by atoms with Gasteiger partial charge in [0.1, 0.15) is 0 Å². The summed E-state index contributed by atoms with van der Waals surface area (Å²) in [5.74, 6) is 0. The van der Waals surface area contributed by atoms with Crippen LogP contribution in [-0.2, 0) is 6.42 Å². The maximum absolute atomic E-state index is 5.89. The summed E-state index contributed by atoms with van der Waals surface area (Å²) < 4.78 is 2.11. The second-order valence-electron chi connectivity index (χ2n) is 3.71. The molecule has 80 valence electrons. The third-order valence-corrected chi connectivity index (χ3v) is 2.71. The Balaban J connectivity index is 2.94. The van der Waals surface area contributed by atoms with Crippen LogP contribution in [0.15, 0.2) is 6.20 Å². The molecule has 0 saturated heterocycles. The second kappa shape index (κ2) is 5.03.